The number of Topliss-reactive ketones (excluding diaryl/α,β-unsaturated/α-hetero) is 1. The second-order valence-corrected chi connectivity index (χ2v) is 4.29. The Balaban J connectivity index is 2.19. The number of ketones is 1. The zero-order chi connectivity index (χ0) is 12.4. The SMILES string of the molecule is Cc1nnsc1C(=O)Cc1ccc(F)c(F)c1. The van der Waals surface area contributed by atoms with Crippen molar-refractivity contribution in [3.8, 4) is 0 Å². The van der Waals surface area contributed by atoms with E-state index in [0.717, 1.165) is 23.7 Å². The first-order valence-corrected chi connectivity index (χ1v) is 5.61. The van der Waals surface area contributed by atoms with Gasteiger partial charge in [-0.1, -0.05) is 10.6 Å². The number of rotatable bonds is 3. The van der Waals surface area contributed by atoms with Gasteiger partial charge < -0.3 is 0 Å². The van der Waals surface area contributed by atoms with Crippen LogP contribution in [0.1, 0.15) is 20.9 Å². The summed E-state index contributed by atoms with van der Waals surface area (Å²) in [6, 6.07) is 3.42. The fraction of sp³-hybridized carbons (Fsp3) is 0.182. The highest BCUT2D eigenvalue weighted by Crippen LogP contribution is 2.15. The molecule has 1 aromatic carbocycles. The molecule has 0 saturated heterocycles. The van der Waals surface area contributed by atoms with Gasteiger partial charge in [0, 0.05) is 6.42 Å². The van der Waals surface area contributed by atoms with E-state index >= 15 is 0 Å². The molecule has 3 nitrogen and oxygen atoms in total. The summed E-state index contributed by atoms with van der Waals surface area (Å²) >= 11 is 1.01. The Labute approximate surface area is 100 Å². The molecule has 6 heteroatoms. The van der Waals surface area contributed by atoms with E-state index in [4.69, 9.17) is 0 Å². The number of carbonyl (C=O) groups excluding carboxylic acids is 1. The Morgan fingerprint density at radius 2 is 2.12 bits per heavy atom. The molecule has 0 fully saturated rings. The van der Waals surface area contributed by atoms with E-state index in [2.05, 4.69) is 9.59 Å². The largest absolute Gasteiger partial charge is 0.293 e. The summed E-state index contributed by atoms with van der Waals surface area (Å²) in [4.78, 5) is 12.3. The summed E-state index contributed by atoms with van der Waals surface area (Å²) in [6.45, 7) is 1.68. The highest BCUT2D eigenvalue weighted by molar-refractivity contribution is 7.08. The van der Waals surface area contributed by atoms with Crippen molar-refractivity contribution >= 4 is 17.3 Å². The van der Waals surface area contributed by atoms with Gasteiger partial charge in [-0.2, -0.15) is 0 Å². The van der Waals surface area contributed by atoms with Crippen LogP contribution in [0.2, 0.25) is 0 Å². The van der Waals surface area contributed by atoms with Crippen LogP contribution in [-0.4, -0.2) is 15.4 Å². The van der Waals surface area contributed by atoms with E-state index in [0.29, 0.717) is 16.1 Å². The molecular formula is C11H8F2N2OS. The molecule has 88 valence electrons. The molecule has 0 amide bonds. The maximum absolute atomic E-state index is 12.9. The minimum Gasteiger partial charge on any atom is -0.293 e. The fourth-order valence-electron chi connectivity index (χ4n) is 1.40. The lowest BCUT2D eigenvalue weighted by atomic mass is 10.1. The topological polar surface area (TPSA) is 42.9 Å². The molecule has 2 aromatic rings. The van der Waals surface area contributed by atoms with E-state index in [9.17, 15) is 13.6 Å². The van der Waals surface area contributed by atoms with Crippen LogP contribution < -0.4 is 0 Å². The molecule has 1 aromatic heterocycles. The van der Waals surface area contributed by atoms with E-state index in [1.54, 1.807) is 6.92 Å². The molecule has 0 aliphatic carbocycles. The molecule has 0 saturated carbocycles. The Hall–Kier alpha value is -1.69. The van der Waals surface area contributed by atoms with Crippen molar-refractivity contribution in [2.45, 2.75) is 13.3 Å². The van der Waals surface area contributed by atoms with Gasteiger partial charge in [0.15, 0.2) is 17.4 Å². The second-order valence-electron chi connectivity index (χ2n) is 3.54. The van der Waals surface area contributed by atoms with E-state index in [1.807, 2.05) is 0 Å². The number of carbonyl (C=O) groups is 1. The van der Waals surface area contributed by atoms with Crippen LogP contribution in [0.25, 0.3) is 0 Å². The first kappa shape index (κ1) is 11.8. The fourth-order valence-corrected chi connectivity index (χ4v) is 1.99. The summed E-state index contributed by atoms with van der Waals surface area (Å²) in [7, 11) is 0. The van der Waals surface area contributed by atoms with Crippen LogP contribution in [-0.2, 0) is 6.42 Å². The normalized spacial score (nSPS) is 10.5. The summed E-state index contributed by atoms with van der Waals surface area (Å²) in [5, 5.41) is 3.72. The summed E-state index contributed by atoms with van der Waals surface area (Å²) < 4.78 is 29.3. The standard InChI is InChI=1S/C11H8F2N2OS/c1-6-11(17-15-14-6)10(16)5-7-2-3-8(12)9(13)4-7/h2-4H,5H2,1H3. The Kier molecular flexibility index (Phi) is 3.23. The summed E-state index contributed by atoms with van der Waals surface area (Å²) in [6.07, 6.45) is 0.0158. The lowest BCUT2D eigenvalue weighted by molar-refractivity contribution is 0.0996. The third-order valence-corrected chi connectivity index (χ3v) is 3.12. The second kappa shape index (κ2) is 4.67. The van der Waals surface area contributed by atoms with Gasteiger partial charge in [-0.25, -0.2) is 8.78 Å². The Bertz CT molecular complexity index is 568. The minimum absolute atomic E-state index is 0.0158. The summed E-state index contributed by atoms with van der Waals surface area (Å²) in [5.74, 6) is -2.06. The van der Waals surface area contributed by atoms with Gasteiger partial charge in [-0.3, -0.25) is 4.79 Å². The average molecular weight is 254 g/mol. The number of nitrogens with zero attached hydrogens (tertiary/aromatic N) is 2. The maximum atomic E-state index is 12.9. The number of aromatic nitrogens is 2. The number of halogens is 2. The van der Waals surface area contributed by atoms with E-state index < -0.39 is 11.6 Å². The third-order valence-electron chi connectivity index (χ3n) is 2.25. The van der Waals surface area contributed by atoms with Crippen molar-refractivity contribution in [1.29, 1.82) is 0 Å². The van der Waals surface area contributed by atoms with Gasteiger partial charge >= 0.3 is 0 Å². The minimum atomic E-state index is -0.950. The Morgan fingerprint density at radius 3 is 2.71 bits per heavy atom. The van der Waals surface area contributed by atoms with Crippen molar-refractivity contribution in [2.24, 2.45) is 0 Å². The van der Waals surface area contributed by atoms with Crippen LogP contribution in [0.15, 0.2) is 18.2 Å². The number of benzene rings is 1. The number of aryl methyl sites for hydroxylation is 1. The summed E-state index contributed by atoms with van der Waals surface area (Å²) in [5.41, 5.74) is 0.990. The Morgan fingerprint density at radius 1 is 1.35 bits per heavy atom. The van der Waals surface area contributed by atoms with Crippen LogP contribution >= 0.6 is 11.5 Å². The lowest BCUT2D eigenvalue weighted by Gasteiger charge is -2.00. The highest BCUT2D eigenvalue weighted by atomic mass is 32.1. The zero-order valence-electron chi connectivity index (χ0n) is 8.91. The maximum Gasteiger partial charge on any atom is 0.180 e. The molecule has 0 atom stereocenters. The van der Waals surface area contributed by atoms with Crippen molar-refractivity contribution < 1.29 is 13.6 Å². The molecule has 0 bridgehead atoms. The van der Waals surface area contributed by atoms with Gasteiger partial charge in [0.05, 0.1) is 5.69 Å². The van der Waals surface area contributed by atoms with Gasteiger partial charge in [-0.05, 0) is 36.2 Å². The van der Waals surface area contributed by atoms with Gasteiger partial charge in [0.25, 0.3) is 0 Å². The molecule has 17 heavy (non-hydrogen) atoms. The van der Waals surface area contributed by atoms with Crippen molar-refractivity contribution in [2.75, 3.05) is 0 Å². The predicted octanol–water partition coefficient (Wildman–Crippen LogP) is 2.55. The first-order chi connectivity index (χ1) is 8.08. The molecule has 0 aliphatic heterocycles. The smallest absolute Gasteiger partial charge is 0.180 e. The molecule has 0 unspecified atom stereocenters. The number of hydrogen-bond donors (Lipinski definition) is 0. The average Bonchev–Trinajstić information content (AvgIpc) is 2.70. The van der Waals surface area contributed by atoms with Gasteiger partial charge in [-0.15, -0.1) is 5.10 Å². The lowest BCUT2D eigenvalue weighted by Crippen LogP contribution is -2.03. The highest BCUT2D eigenvalue weighted by Gasteiger charge is 2.14. The number of hydrogen-bond acceptors (Lipinski definition) is 4. The van der Waals surface area contributed by atoms with Crippen LogP contribution in [0, 0.1) is 18.6 Å². The third kappa shape index (κ3) is 2.52. The molecule has 0 aliphatic rings. The van der Waals surface area contributed by atoms with Crippen LogP contribution in [0.5, 0.6) is 0 Å². The van der Waals surface area contributed by atoms with Crippen LogP contribution in [0.4, 0.5) is 8.78 Å². The zero-order valence-corrected chi connectivity index (χ0v) is 9.72. The molecule has 1 heterocycles. The van der Waals surface area contributed by atoms with Gasteiger partial charge in [0.1, 0.15) is 4.88 Å². The molecule has 2 rings (SSSR count). The van der Waals surface area contributed by atoms with Crippen molar-refractivity contribution in [1.82, 2.24) is 9.59 Å². The molecule has 0 radical (unpaired) electrons. The predicted molar refractivity (Wildman–Crippen MR) is 59.0 cm³/mol. The molecular weight excluding hydrogens is 246 g/mol. The molecule has 0 N–H and O–H groups in total. The monoisotopic (exact) mass is 254 g/mol. The van der Waals surface area contributed by atoms with Crippen LogP contribution in [0.3, 0.4) is 0 Å². The quantitative estimate of drug-likeness (QED) is 0.790. The van der Waals surface area contributed by atoms with E-state index in [-0.39, 0.29) is 12.2 Å². The van der Waals surface area contributed by atoms with Crippen molar-refractivity contribution in [3.63, 3.8) is 0 Å². The van der Waals surface area contributed by atoms with Crippen molar-refractivity contribution in [3.05, 3.63) is 46.0 Å². The van der Waals surface area contributed by atoms with Gasteiger partial charge in [0.2, 0.25) is 0 Å². The first-order valence-electron chi connectivity index (χ1n) is 4.84. The molecule has 0 spiro atoms. The van der Waals surface area contributed by atoms with E-state index in [1.165, 1.54) is 6.07 Å².